The molecule has 1 heterocycles. The second-order valence-corrected chi connectivity index (χ2v) is 6.34. The monoisotopic (exact) mass is 280 g/mol. The van der Waals surface area contributed by atoms with Gasteiger partial charge in [-0.05, 0) is 51.1 Å². The third-order valence-corrected chi connectivity index (χ3v) is 3.61. The molecule has 0 aliphatic carbocycles. The molecule has 0 radical (unpaired) electrons. The molecule has 4 heteroatoms. The van der Waals surface area contributed by atoms with Crippen LogP contribution < -0.4 is 0 Å². The summed E-state index contributed by atoms with van der Waals surface area (Å²) in [6, 6.07) is 6.76. The molecule has 0 saturated carbocycles. The zero-order chi connectivity index (χ0) is 14.6. The quantitative estimate of drug-likeness (QED) is 0.915. The Morgan fingerprint density at radius 1 is 1.05 bits per heavy atom. The number of benzene rings is 1. The van der Waals surface area contributed by atoms with E-state index in [4.69, 9.17) is 0 Å². The van der Waals surface area contributed by atoms with Crippen LogP contribution >= 0.6 is 0 Å². The van der Waals surface area contributed by atoms with Gasteiger partial charge in [0.1, 0.15) is 5.82 Å². The highest BCUT2D eigenvalue weighted by Crippen LogP contribution is 2.12. The molecule has 1 aliphatic heterocycles. The predicted molar refractivity (Wildman–Crippen MR) is 79.0 cm³/mol. The standard InChI is InChI=1S/C16H25FN2O/c1-16(2,20)13-19-9-3-8-18(10-11-19)12-14-4-6-15(17)7-5-14/h4-7,20H,3,8-13H2,1-2H3. The predicted octanol–water partition coefficient (Wildman–Crippen LogP) is 2.10. The first-order valence-electron chi connectivity index (χ1n) is 7.34. The molecular formula is C16H25FN2O. The van der Waals surface area contributed by atoms with Crippen molar-refractivity contribution in [2.24, 2.45) is 0 Å². The maximum absolute atomic E-state index is 12.9. The van der Waals surface area contributed by atoms with Crippen molar-refractivity contribution in [3.63, 3.8) is 0 Å². The summed E-state index contributed by atoms with van der Waals surface area (Å²) < 4.78 is 12.9. The Hall–Kier alpha value is -0.970. The first kappa shape index (κ1) is 15.4. The van der Waals surface area contributed by atoms with Gasteiger partial charge in [0.05, 0.1) is 5.60 Å². The van der Waals surface area contributed by atoms with Crippen LogP contribution in [0.5, 0.6) is 0 Å². The van der Waals surface area contributed by atoms with Crippen LogP contribution in [0, 0.1) is 5.82 Å². The summed E-state index contributed by atoms with van der Waals surface area (Å²) in [5.41, 5.74) is 0.522. The number of halogens is 1. The van der Waals surface area contributed by atoms with Gasteiger partial charge in [-0.25, -0.2) is 4.39 Å². The lowest BCUT2D eigenvalue weighted by Crippen LogP contribution is -2.40. The molecule has 2 rings (SSSR count). The number of aliphatic hydroxyl groups is 1. The first-order chi connectivity index (χ1) is 9.42. The van der Waals surface area contributed by atoms with E-state index in [2.05, 4.69) is 9.80 Å². The average Bonchev–Trinajstić information content (AvgIpc) is 2.56. The van der Waals surface area contributed by atoms with Crippen LogP contribution in [0.15, 0.2) is 24.3 Å². The molecule has 1 aliphatic rings. The summed E-state index contributed by atoms with van der Waals surface area (Å²) in [5.74, 6) is -0.180. The normalized spacial score (nSPS) is 19.0. The number of nitrogens with zero attached hydrogens (tertiary/aromatic N) is 2. The highest BCUT2D eigenvalue weighted by atomic mass is 19.1. The van der Waals surface area contributed by atoms with E-state index >= 15 is 0 Å². The van der Waals surface area contributed by atoms with Gasteiger partial charge in [0.25, 0.3) is 0 Å². The van der Waals surface area contributed by atoms with Crippen LogP contribution in [0.4, 0.5) is 4.39 Å². The van der Waals surface area contributed by atoms with E-state index in [1.54, 1.807) is 0 Å². The van der Waals surface area contributed by atoms with E-state index in [0.717, 1.165) is 51.3 Å². The van der Waals surface area contributed by atoms with E-state index in [1.807, 2.05) is 26.0 Å². The van der Waals surface area contributed by atoms with E-state index in [0.29, 0.717) is 0 Å². The van der Waals surface area contributed by atoms with Gasteiger partial charge in [-0.15, -0.1) is 0 Å². The van der Waals surface area contributed by atoms with Crippen LogP contribution in [0.2, 0.25) is 0 Å². The third kappa shape index (κ3) is 5.19. The number of β-amino-alcohol motifs (C(OH)–C–C–N with tert-alkyl or cyclic N) is 1. The molecule has 1 saturated heterocycles. The molecule has 0 amide bonds. The second-order valence-electron chi connectivity index (χ2n) is 6.34. The van der Waals surface area contributed by atoms with Crippen molar-refractivity contribution in [2.45, 2.75) is 32.4 Å². The molecule has 1 aromatic rings. The molecule has 1 aromatic carbocycles. The molecule has 0 atom stereocenters. The summed E-state index contributed by atoms with van der Waals surface area (Å²) in [7, 11) is 0. The van der Waals surface area contributed by atoms with Gasteiger partial charge in [0.2, 0.25) is 0 Å². The molecule has 3 nitrogen and oxygen atoms in total. The third-order valence-electron chi connectivity index (χ3n) is 3.61. The van der Waals surface area contributed by atoms with Gasteiger partial charge in [-0.3, -0.25) is 9.80 Å². The van der Waals surface area contributed by atoms with E-state index in [9.17, 15) is 9.50 Å². The van der Waals surface area contributed by atoms with Gasteiger partial charge in [-0.1, -0.05) is 12.1 Å². The molecule has 0 unspecified atom stereocenters. The summed E-state index contributed by atoms with van der Waals surface area (Å²) in [6.07, 6.45) is 1.11. The Bertz CT molecular complexity index is 413. The van der Waals surface area contributed by atoms with Gasteiger partial charge >= 0.3 is 0 Å². The lowest BCUT2D eigenvalue weighted by atomic mass is 10.1. The fourth-order valence-corrected chi connectivity index (χ4v) is 2.74. The molecule has 112 valence electrons. The van der Waals surface area contributed by atoms with Gasteiger partial charge in [0, 0.05) is 26.2 Å². The maximum atomic E-state index is 12.9. The Labute approximate surface area is 121 Å². The van der Waals surface area contributed by atoms with Crippen molar-refractivity contribution in [1.29, 1.82) is 0 Å². The SMILES string of the molecule is CC(C)(O)CN1CCCN(Cc2ccc(F)cc2)CC1. The smallest absolute Gasteiger partial charge is 0.123 e. The minimum atomic E-state index is -0.633. The van der Waals surface area contributed by atoms with E-state index in [-0.39, 0.29) is 5.82 Å². The maximum Gasteiger partial charge on any atom is 0.123 e. The molecule has 0 aromatic heterocycles. The summed E-state index contributed by atoms with van der Waals surface area (Å²) >= 11 is 0. The number of hydrogen-bond acceptors (Lipinski definition) is 3. The van der Waals surface area contributed by atoms with Crippen molar-refractivity contribution >= 4 is 0 Å². The zero-order valence-corrected chi connectivity index (χ0v) is 12.5. The molecular weight excluding hydrogens is 255 g/mol. The van der Waals surface area contributed by atoms with Gasteiger partial charge in [-0.2, -0.15) is 0 Å². The Morgan fingerprint density at radius 2 is 1.65 bits per heavy atom. The topological polar surface area (TPSA) is 26.7 Å². The fourth-order valence-electron chi connectivity index (χ4n) is 2.74. The number of rotatable bonds is 4. The highest BCUT2D eigenvalue weighted by Gasteiger charge is 2.21. The fraction of sp³-hybridized carbons (Fsp3) is 0.625. The molecule has 0 spiro atoms. The summed E-state index contributed by atoms with van der Waals surface area (Å²) in [6.45, 7) is 9.36. The van der Waals surface area contributed by atoms with Crippen molar-refractivity contribution in [1.82, 2.24) is 9.80 Å². The zero-order valence-electron chi connectivity index (χ0n) is 12.5. The van der Waals surface area contributed by atoms with Crippen LogP contribution in [-0.4, -0.2) is 53.2 Å². The van der Waals surface area contributed by atoms with Gasteiger partial charge < -0.3 is 5.11 Å². The van der Waals surface area contributed by atoms with Crippen molar-refractivity contribution in [3.8, 4) is 0 Å². The van der Waals surface area contributed by atoms with Crippen LogP contribution in [0.1, 0.15) is 25.8 Å². The van der Waals surface area contributed by atoms with Crippen LogP contribution in [0.3, 0.4) is 0 Å². The number of hydrogen-bond donors (Lipinski definition) is 1. The van der Waals surface area contributed by atoms with E-state index < -0.39 is 5.60 Å². The molecule has 0 bridgehead atoms. The van der Waals surface area contributed by atoms with Crippen LogP contribution in [0.25, 0.3) is 0 Å². The van der Waals surface area contributed by atoms with Crippen molar-refractivity contribution < 1.29 is 9.50 Å². The summed E-state index contributed by atoms with van der Waals surface area (Å²) in [4.78, 5) is 4.72. The Balaban J connectivity index is 1.85. The first-order valence-corrected chi connectivity index (χ1v) is 7.34. The Kier molecular flexibility index (Phi) is 5.13. The minimum absolute atomic E-state index is 0.180. The lowest BCUT2D eigenvalue weighted by molar-refractivity contribution is 0.0374. The van der Waals surface area contributed by atoms with Crippen molar-refractivity contribution in [2.75, 3.05) is 32.7 Å². The largest absolute Gasteiger partial charge is 0.389 e. The van der Waals surface area contributed by atoms with E-state index in [1.165, 1.54) is 12.1 Å². The second kappa shape index (κ2) is 6.66. The van der Waals surface area contributed by atoms with Gasteiger partial charge in [0.15, 0.2) is 0 Å². The average molecular weight is 280 g/mol. The Morgan fingerprint density at radius 3 is 2.30 bits per heavy atom. The van der Waals surface area contributed by atoms with Crippen LogP contribution in [-0.2, 0) is 6.54 Å². The summed E-state index contributed by atoms with van der Waals surface area (Å²) in [5, 5.41) is 9.90. The highest BCUT2D eigenvalue weighted by molar-refractivity contribution is 5.15. The minimum Gasteiger partial charge on any atom is -0.389 e. The molecule has 20 heavy (non-hydrogen) atoms. The lowest BCUT2D eigenvalue weighted by Gasteiger charge is -2.27. The molecule has 1 N–H and O–H groups in total. The van der Waals surface area contributed by atoms with Crippen molar-refractivity contribution in [3.05, 3.63) is 35.6 Å². The molecule has 1 fully saturated rings.